The summed E-state index contributed by atoms with van der Waals surface area (Å²) in [6.45, 7) is -0.123. The van der Waals surface area contributed by atoms with E-state index in [2.05, 4.69) is 5.32 Å². The summed E-state index contributed by atoms with van der Waals surface area (Å²) in [5, 5.41) is 15.7. The Balaban J connectivity index is 2.04. The smallest absolute Gasteiger partial charge is 0.240 e. The van der Waals surface area contributed by atoms with Gasteiger partial charge in [-0.1, -0.05) is 0 Å². The number of aliphatic hydroxyl groups excluding tert-OH is 1. The molecule has 2 unspecified atom stereocenters. The molecule has 9 heteroatoms. The number of nitrogens with zero attached hydrogens (tertiary/aromatic N) is 2. The van der Waals surface area contributed by atoms with Gasteiger partial charge in [-0.15, -0.1) is 0 Å². The number of sulfone groups is 1. The molecule has 1 aliphatic rings. The van der Waals surface area contributed by atoms with Gasteiger partial charge in [-0.2, -0.15) is 0 Å². The molecule has 0 radical (unpaired) electrons. The minimum atomic E-state index is -3.31. The summed E-state index contributed by atoms with van der Waals surface area (Å²) in [7, 11) is 0.0246. The lowest BCUT2D eigenvalue weighted by Crippen LogP contribution is -2.53. The van der Waals surface area contributed by atoms with Crippen LogP contribution in [0.1, 0.15) is 0 Å². The van der Waals surface area contributed by atoms with Gasteiger partial charge < -0.3 is 10.4 Å². The molecular weight excluding hydrogens is 325 g/mol. The Bertz CT molecular complexity index is 663. The predicted octanol–water partition coefficient (Wildman–Crippen LogP) is -0.299. The molecule has 0 spiro atoms. The molecule has 1 aromatic rings. The number of hydrogen-bond acceptors (Lipinski definition) is 6. The third kappa shape index (κ3) is 4.71. The molecule has 1 fully saturated rings. The summed E-state index contributed by atoms with van der Waals surface area (Å²) in [4.78, 5) is 12.1. The highest BCUT2D eigenvalue weighted by Gasteiger charge is 2.41. The van der Waals surface area contributed by atoms with Crippen LogP contribution in [0.3, 0.4) is 0 Å². The van der Waals surface area contributed by atoms with E-state index in [1.54, 1.807) is 19.1 Å². The number of carbonyl (C=O) groups is 1. The number of nitrogens with one attached hydrogen (secondary N) is 1. The molecule has 1 amide bonds. The molecule has 0 saturated carbocycles. The lowest BCUT2D eigenvalue weighted by Gasteiger charge is -2.34. The van der Waals surface area contributed by atoms with Gasteiger partial charge in [-0.25, -0.2) is 22.8 Å². The van der Waals surface area contributed by atoms with Crippen LogP contribution in [0.25, 0.3) is 0 Å². The maximum absolute atomic E-state index is 12.8. The Morgan fingerprint density at radius 2 is 1.91 bits per heavy atom. The van der Waals surface area contributed by atoms with E-state index < -0.39 is 27.8 Å². The fourth-order valence-corrected chi connectivity index (χ4v) is 4.32. The molecule has 128 valence electrons. The van der Waals surface area contributed by atoms with Gasteiger partial charge in [0.1, 0.15) is 5.82 Å². The first-order valence-corrected chi connectivity index (χ1v) is 8.88. The van der Waals surface area contributed by atoms with E-state index in [-0.39, 0.29) is 24.0 Å². The molecule has 1 saturated heterocycles. The van der Waals surface area contributed by atoms with Crippen molar-refractivity contribution in [1.29, 1.82) is 0 Å². The van der Waals surface area contributed by atoms with Crippen LogP contribution in [-0.4, -0.2) is 73.7 Å². The van der Waals surface area contributed by atoms with Crippen molar-refractivity contribution in [2.75, 3.05) is 37.5 Å². The number of hydrogen-bond donors (Lipinski definition) is 2. The normalized spacial score (nSPS) is 23.4. The highest BCUT2D eigenvalue weighted by Crippen LogP contribution is 2.19. The Morgan fingerprint density at radius 1 is 1.30 bits per heavy atom. The quantitative estimate of drug-likeness (QED) is 0.712. The summed E-state index contributed by atoms with van der Waals surface area (Å²) < 4.78 is 36.1. The maximum Gasteiger partial charge on any atom is 0.240 e. The van der Waals surface area contributed by atoms with Crippen molar-refractivity contribution < 1.29 is 22.7 Å². The van der Waals surface area contributed by atoms with Crippen LogP contribution in [0.15, 0.2) is 24.3 Å². The van der Waals surface area contributed by atoms with Gasteiger partial charge in [0, 0.05) is 19.8 Å². The zero-order valence-electron chi connectivity index (χ0n) is 12.9. The molecule has 1 aliphatic heterocycles. The van der Waals surface area contributed by atoms with Gasteiger partial charge >= 0.3 is 0 Å². The Kier molecular flexibility index (Phi) is 5.35. The third-order valence-electron chi connectivity index (χ3n) is 3.62. The number of halogens is 1. The van der Waals surface area contributed by atoms with E-state index in [0.29, 0.717) is 5.69 Å². The Morgan fingerprint density at radius 3 is 2.39 bits per heavy atom. The molecule has 2 rings (SSSR count). The largest absolute Gasteiger partial charge is 0.390 e. The zero-order valence-corrected chi connectivity index (χ0v) is 13.8. The number of carbonyl (C=O) groups excluding carboxylic acids is 1. The summed E-state index contributed by atoms with van der Waals surface area (Å²) in [6.07, 6.45) is -1.04. The number of aliphatic hydroxyl groups is 1. The lowest BCUT2D eigenvalue weighted by molar-refractivity contribution is -0.125. The van der Waals surface area contributed by atoms with Crippen LogP contribution in [0, 0.1) is 5.82 Å². The van der Waals surface area contributed by atoms with E-state index in [0.717, 1.165) is 0 Å². The standard InChI is InChI=1S/C14H20FN3O4S/c1-17(2)18(12-8-23(21,22)9-13(12)19)7-14(20)16-11-5-3-10(15)4-6-11/h3-6,12-13,19H,7-9H2,1-2H3,(H,16,20). The van der Waals surface area contributed by atoms with Crippen LogP contribution in [0.5, 0.6) is 0 Å². The van der Waals surface area contributed by atoms with Gasteiger partial charge in [0.25, 0.3) is 0 Å². The maximum atomic E-state index is 12.8. The van der Waals surface area contributed by atoms with Crippen molar-refractivity contribution in [2.45, 2.75) is 12.1 Å². The topological polar surface area (TPSA) is 90.0 Å². The summed E-state index contributed by atoms with van der Waals surface area (Å²) >= 11 is 0. The Labute approximate surface area is 134 Å². The summed E-state index contributed by atoms with van der Waals surface area (Å²) in [5.74, 6) is -1.29. The van der Waals surface area contributed by atoms with Crippen molar-refractivity contribution in [1.82, 2.24) is 10.0 Å². The van der Waals surface area contributed by atoms with Crippen molar-refractivity contribution in [3.8, 4) is 0 Å². The predicted molar refractivity (Wildman–Crippen MR) is 83.9 cm³/mol. The Hall–Kier alpha value is -1.55. The molecule has 23 heavy (non-hydrogen) atoms. The van der Waals surface area contributed by atoms with Crippen molar-refractivity contribution in [3.05, 3.63) is 30.1 Å². The monoisotopic (exact) mass is 345 g/mol. The number of anilines is 1. The first-order chi connectivity index (χ1) is 10.7. The van der Waals surface area contributed by atoms with Gasteiger partial charge in [-0.3, -0.25) is 4.79 Å². The van der Waals surface area contributed by atoms with Crippen molar-refractivity contribution in [3.63, 3.8) is 0 Å². The van der Waals surface area contributed by atoms with Crippen molar-refractivity contribution in [2.24, 2.45) is 0 Å². The number of hydrazine groups is 1. The third-order valence-corrected chi connectivity index (χ3v) is 5.32. The van der Waals surface area contributed by atoms with Gasteiger partial charge in [-0.05, 0) is 24.3 Å². The average molecular weight is 345 g/mol. The highest BCUT2D eigenvalue weighted by molar-refractivity contribution is 7.91. The van der Waals surface area contributed by atoms with E-state index >= 15 is 0 Å². The van der Waals surface area contributed by atoms with Crippen LogP contribution in [0.4, 0.5) is 10.1 Å². The number of amides is 1. The molecular formula is C14H20FN3O4S. The second kappa shape index (κ2) is 6.91. The minimum Gasteiger partial charge on any atom is -0.390 e. The summed E-state index contributed by atoms with van der Waals surface area (Å²) in [5.41, 5.74) is 0.440. The molecule has 1 heterocycles. The fourth-order valence-electron chi connectivity index (χ4n) is 2.53. The van der Waals surface area contributed by atoms with E-state index in [1.165, 1.54) is 29.3 Å². The lowest BCUT2D eigenvalue weighted by atomic mass is 10.2. The molecule has 1 aromatic carbocycles. The minimum absolute atomic E-state index is 0.123. The highest BCUT2D eigenvalue weighted by atomic mass is 32.2. The molecule has 0 bridgehead atoms. The van der Waals surface area contributed by atoms with Crippen molar-refractivity contribution >= 4 is 21.4 Å². The van der Waals surface area contributed by atoms with E-state index in [1.807, 2.05) is 0 Å². The number of benzene rings is 1. The van der Waals surface area contributed by atoms with E-state index in [9.17, 15) is 22.7 Å². The van der Waals surface area contributed by atoms with Gasteiger partial charge in [0.15, 0.2) is 9.84 Å². The average Bonchev–Trinajstić information content (AvgIpc) is 2.71. The SMILES string of the molecule is CN(C)N(CC(=O)Nc1ccc(F)cc1)C1CS(=O)(=O)CC1O. The summed E-state index contributed by atoms with van der Waals surface area (Å²) in [6, 6.07) is 4.65. The molecule has 2 atom stereocenters. The van der Waals surface area contributed by atoms with Crippen LogP contribution in [-0.2, 0) is 14.6 Å². The fraction of sp³-hybridized carbons (Fsp3) is 0.500. The first-order valence-electron chi connectivity index (χ1n) is 7.06. The molecule has 2 N–H and O–H groups in total. The van der Waals surface area contributed by atoms with Gasteiger partial charge in [0.2, 0.25) is 5.91 Å². The van der Waals surface area contributed by atoms with E-state index in [4.69, 9.17) is 0 Å². The zero-order chi connectivity index (χ0) is 17.2. The number of rotatable bonds is 5. The van der Waals surface area contributed by atoms with Gasteiger partial charge in [0.05, 0.1) is 30.2 Å². The second-order valence-electron chi connectivity index (χ2n) is 5.71. The second-order valence-corrected chi connectivity index (χ2v) is 7.87. The molecule has 0 aromatic heterocycles. The first kappa shape index (κ1) is 17.8. The molecule has 7 nitrogen and oxygen atoms in total. The van der Waals surface area contributed by atoms with Crippen LogP contribution in [0.2, 0.25) is 0 Å². The van der Waals surface area contributed by atoms with Crippen LogP contribution < -0.4 is 5.32 Å². The van der Waals surface area contributed by atoms with Crippen LogP contribution >= 0.6 is 0 Å². The molecule has 0 aliphatic carbocycles.